The summed E-state index contributed by atoms with van der Waals surface area (Å²) >= 11 is 0. The second-order valence-corrected chi connectivity index (χ2v) is 5.11. The van der Waals surface area contributed by atoms with Crippen LogP contribution in [0.5, 0.6) is 0 Å². The number of rotatable bonds is 8. The summed E-state index contributed by atoms with van der Waals surface area (Å²) in [5.41, 5.74) is 7.36. The molecular weight excluding hydrogens is 254 g/mol. The van der Waals surface area contributed by atoms with Crippen molar-refractivity contribution in [3.63, 3.8) is 0 Å². The number of benzene rings is 1. The molecule has 20 heavy (non-hydrogen) atoms. The summed E-state index contributed by atoms with van der Waals surface area (Å²) in [6, 6.07) is 7.57. The molecule has 0 bridgehead atoms. The van der Waals surface area contributed by atoms with Gasteiger partial charge in [0.05, 0.1) is 19.3 Å². The third-order valence-electron chi connectivity index (χ3n) is 2.78. The summed E-state index contributed by atoms with van der Waals surface area (Å²) in [6.45, 7) is 6.16. The minimum absolute atomic E-state index is 0.0359. The molecule has 0 aliphatic carbocycles. The molecule has 5 nitrogen and oxygen atoms in total. The van der Waals surface area contributed by atoms with E-state index in [1.54, 1.807) is 0 Å². The van der Waals surface area contributed by atoms with Crippen molar-refractivity contribution in [2.45, 2.75) is 26.5 Å². The van der Waals surface area contributed by atoms with E-state index in [4.69, 9.17) is 10.5 Å². The maximum absolute atomic E-state index is 11.9. The summed E-state index contributed by atoms with van der Waals surface area (Å²) < 4.78 is 5.46. The Morgan fingerprint density at radius 2 is 2.20 bits per heavy atom. The fourth-order valence-electron chi connectivity index (χ4n) is 1.75. The smallest absolute Gasteiger partial charge is 0.238 e. The summed E-state index contributed by atoms with van der Waals surface area (Å²) in [5, 5.41) is 2.87. The Bertz CT molecular complexity index is 421. The van der Waals surface area contributed by atoms with Gasteiger partial charge in [-0.2, -0.15) is 0 Å². The van der Waals surface area contributed by atoms with Gasteiger partial charge in [0, 0.05) is 18.8 Å². The van der Waals surface area contributed by atoms with Crippen molar-refractivity contribution in [2.24, 2.45) is 5.73 Å². The number of anilines is 1. The van der Waals surface area contributed by atoms with E-state index in [0.717, 1.165) is 17.8 Å². The van der Waals surface area contributed by atoms with Crippen LogP contribution in [0.4, 0.5) is 5.69 Å². The van der Waals surface area contributed by atoms with Crippen molar-refractivity contribution >= 4 is 11.6 Å². The van der Waals surface area contributed by atoms with Crippen LogP contribution in [-0.2, 0) is 16.1 Å². The molecule has 0 aliphatic rings. The lowest BCUT2D eigenvalue weighted by Gasteiger charge is -2.17. The third kappa shape index (κ3) is 6.65. The van der Waals surface area contributed by atoms with Crippen molar-refractivity contribution in [3.8, 4) is 0 Å². The van der Waals surface area contributed by atoms with E-state index in [2.05, 4.69) is 5.32 Å². The molecule has 0 unspecified atom stereocenters. The van der Waals surface area contributed by atoms with E-state index in [0.29, 0.717) is 19.7 Å². The minimum atomic E-state index is -0.0359. The molecule has 0 spiro atoms. The van der Waals surface area contributed by atoms with Crippen LogP contribution in [0.15, 0.2) is 24.3 Å². The highest BCUT2D eigenvalue weighted by molar-refractivity contribution is 5.92. The summed E-state index contributed by atoms with van der Waals surface area (Å²) in [4.78, 5) is 13.8. The number of amides is 1. The maximum Gasteiger partial charge on any atom is 0.238 e. The molecule has 0 aliphatic heterocycles. The average molecular weight is 279 g/mol. The quantitative estimate of drug-likeness (QED) is 0.755. The van der Waals surface area contributed by atoms with Gasteiger partial charge in [0.25, 0.3) is 0 Å². The van der Waals surface area contributed by atoms with Crippen LogP contribution in [0, 0.1) is 0 Å². The van der Waals surface area contributed by atoms with Crippen LogP contribution in [0.1, 0.15) is 19.4 Å². The second kappa shape index (κ2) is 8.68. The van der Waals surface area contributed by atoms with Gasteiger partial charge < -0.3 is 15.8 Å². The highest BCUT2D eigenvalue weighted by Gasteiger charge is 2.07. The molecule has 0 atom stereocenters. The summed E-state index contributed by atoms with van der Waals surface area (Å²) in [6.07, 6.45) is 0.219. The topological polar surface area (TPSA) is 67.6 Å². The van der Waals surface area contributed by atoms with Crippen LogP contribution >= 0.6 is 0 Å². The molecule has 0 heterocycles. The molecule has 0 saturated carbocycles. The zero-order valence-electron chi connectivity index (χ0n) is 12.6. The van der Waals surface area contributed by atoms with Crippen LogP contribution < -0.4 is 11.1 Å². The van der Waals surface area contributed by atoms with Gasteiger partial charge in [-0.15, -0.1) is 0 Å². The van der Waals surface area contributed by atoms with E-state index in [1.165, 1.54) is 0 Å². The first-order valence-electron chi connectivity index (χ1n) is 6.90. The third-order valence-corrected chi connectivity index (χ3v) is 2.78. The molecule has 1 amide bonds. The maximum atomic E-state index is 11.9. The number of hydrogen-bond acceptors (Lipinski definition) is 4. The van der Waals surface area contributed by atoms with E-state index < -0.39 is 0 Å². The molecule has 112 valence electrons. The zero-order valence-corrected chi connectivity index (χ0v) is 12.6. The number of hydrogen-bond donors (Lipinski definition) is 2. The first-order valence-corrected chi connectivity index (χ1v) is 6.90. The van der Waals surface area contributed by atoms with Crippen LogP contribution in [0.3, 0.4) is 0 Å². The largest absolute Gasteiger partial charge is 0.377 e. The average Bonchev–Trinajstić information content (AvgIpc) is 2.38. The molecule has 1 aromatic rings. The summed E-state index contributed by atoms with van der Waals surface area (Å²) in [7, 11) is 1.90. The SMILES string of the molecule is CC(C)OCCN(C)CC(=O)Nc1cccc(CN)c1. The number of carbonyl (C=O) groups is 1. The Morgan fingerprint density at radius 3 is 2.85 bits per heavy atom. The lowest BCUT2D eigenvalue weighted by molar-refractivity contribution is -0.117. The van der Waals surface area contributed by atoms with Crippen molar-refractivity contribution in [2.75, 3.05) is 32.1 Å². The van der Waals surface area contributed by atoms with E-state index in [1.807, 2.05) is 50.1 Å². The van der Waals surface area contributed by atoms with Crippen molar-refractivity contribution in [3.05, 3.63) is 29.8 Å². The molecule has 3 N–H and O–H groups in total. The van der Waals surface area contributed by atoms with Gasteiger partial charge in [-0.05, 0) is 38.6 Å². The number of carbonyl (C=O) groups excluding carboxylic acids is 1. The van der Waals surface area contributed by atoms with Gasteiger partial charge >= 0.3 is 0 Å². The van der Waals surface area contributed by atoms with Gasteiger partial charge in [0.2, 0.25) is 5.91 Å². The number of ether oxygens (including phenoxy) is 1. The minimum Gasteiger partial charge on any atom is -0.377 e. The lowest BCUT2D eigenvalue weighted by atomic mass is 10.2. The monoisotopic (exact) mass is 279 g/mol. The number of nitrogens with two attached hydrogens (primary N) is 1. The normalized spacial score (nSPS) is 11.1. The fraction of sp³-hybridized carbons (Fsp3) is 0.533. The second-order valence-electron chi connectivity index (χ2n) is 5.11. The Hall–Kier alpha value is -1.43. The Kier molecular flexibility index (Phi) is 7.22. The van der Waals surface area contributed by atoms with Gasteiger partial charge in [-0.3, -0.25) is 9.69 Å². The Morgan fingerprint density at radius 1 is 1.45 bits per heavy atom. The van der Waals surface area contributed by atoms with Crippen molar-refractivity contribution in [1.29, 1.82) is 0 Å². The van der Waals surface area contributed by atoms with Gasteiger partial charge in [-0.25, -0.2) is 0 Å². The van der Waals surface area contributed by atoms with E-state index in [9.17, 15) is 4.79 Å². The fourth-order valence-corrected chi connectivity index (χ4v) is 1.75. The van der Waals surface area contributed by atoms with Gasteiger partial charge in [-0.1, -0.05) is 12.1 Å². The number of nitrogens with zero attached hydrogens (tertiary/aromatic N) is 1. The summed E-state index contributed by atoms with van der Waals surface area (Å²) in [5.74, 6) is -0.0359. The van der Waals surface area contributed by atoms with Gasteiger partial charge in [0.15, 0.2) is 0 Å². The molecule has 5 heteroatoms. The predicted octanol–water partition coefficient (Wildman–Crippen LogP) is 1.44. The standard InChI is InChI=1S/C15H25N3O2/c1-12(2)20-8-7-18(3)11-15(19)17-14-6-4-5-13(9-14)10-16/h4-6,9,12H,7-8,10-11,16H2,1-3H3,(H,17,19). The van der Waals surface area contributed by atoms with E-state index >= 15 is 0 Å². The first-order chi connectivity index (χ1) is 9.51. The van der Waals surface area contributed by atoms with Crippen molar-refractivity contribution < 1.29 is 9.53 Å². The van der Waals surface area contributed by atoms with Gasteiger partial charge in [0.1, 0.15) is 0 Å². The highest BCUT2D eigenvalue weighted by atomic mass is 16.5. The van der Waals surface area contributed by atoms with Crippen LogP contribution in [0.2, 0.25) is 0 Å². The van der Waals surface area contributed by atoms with Crippen LogP contribution in [0.25, 0.3) is 0 Å². The molecule has 1 aromatic carbocycles. The van der Waals surface area contributed by atoms with E-state index in [-0.39, 0.29) is 12.0 Å². The number of likely N-dealkylation sites (N-methyl/N-ethyl adjacent to an activating group) is 1. The molecule has 1 rings (SSSR count). The predicted molar refractivity (Wildman–Crippen MR) is 81.5 cm³/mol. The molecular formula is C15H25N3O2. The molecule has 0 radical (unpaired) electrons. The zero-order chi connectivity index (χ0) is 15.0. The Labute approximate surface area is 121 Å². The highest BCUT2D eigenvalue weighted by Crippen LogP contribution is 2.09. The molecule has 0 aromatic heterocycles. The molecule has 0 saturated heterocycles. The first kappa shape index (κ1) is 16.6. The van der Waals surface area contributed by atoms with Crippen LogP contribution in [-0.4, -0.2) is 43.7 Å². The van der Waals surface area contributed by atoms with Crippen molar-refractivity contribution in [1.82, 2.24) is 4.90 Å². The number of nitrogens with one attached hydrogen (secondary N) is 1. The molecule has 0 fully saturated rings. The Balaban J connectivity index is 2.35. The lowest BCUT2D eigenvalue weighted by Crippen LogP contribution is -2.33.